The smallest absolute Gasteiger partial charge is 0.245 e. The van der Waals surface area contributed by atoms with Crippen molar-refractivity contribution in [1.82, 2.24) is 19.5 Å². The molecule has 0 fully saturated rings. The number of hydrogen-bond donors (Lipinski definition) is 1. The number of anilines is 1. The predicted molar refractivity (Wildman–Crippen MR) is 84.7 cm³/mol. The van der Waals surface area contributed by atoms with Gasteiger partial charge in [0.2, 0.25) is 11.8 Å². The van der Waals surface area contributed by atoms with Gasteiger partial charge in [-0.3, -0.25) is 4.57 Å². The number of ether oxygens (including phenoxy) is 1. The monoisotopic (exact) mass is 347 g/mol. The van der Waals surface area contributed by atoms with E-state index in [2.05, 4.69) is 43.9 Å². The molecule has 3 rings (SSSR count). The van der Waals surface area contributed by atoms with E-state index in [9.17, 15) is 0 Å². The molecule has 0 amide bonds. The van der Waals surface area contributed by atoms with Crippen LogP contribution in [-0.4, -0.2) is 26.6 Å². The number of hydrogen-bond acceptors (Lipinski definition) is 5. The molecule has 2 heterocycles. The van der Waals surface area contributed by atoms with Crippen molar-refractivity contribution < 1.29 is 4.74 Å². The lowest BCUT2D eigenvalue weighted by Crippen LogP contribution is -2.04. The summed E-state index contributed by atoms with van der Waals surface area (Å²) in [6, 6.07) is 6.03. The lowest BCUT2D eigenvalue weighted by Gasteiger charge is -2.11. The number of halogens is 1. The van der Waals surface area contributed by atoms with E-state index in [0.29, 0.717) is 23.0 Å². The van der Waals surface area contributed by atoms with Gasteiger partial charge in [-0.2, -0.15) is 4.98 Å². The highest BCUT2D eigenvalue weighted by Gasteiger charge is 2.17. The number of nitrogens with two attached hydrogens (primary N) is 1. The molecule has 6 nitrogen and oxygen atoms in total. The Bertz CT molecular complexity index is 814. The fourth-order valence-electron chi connectivity index (χ4n) is 2.33. The first kappa shape index (κ1) is 13.8. The summed E-state index contributed by atoms with van der Waals surface area (Å²) < 4.78 is 8.07. The predicted octanol–water partition coefficient (Wildman–Crippen LogP) is 2.73. The lowest BCUT2D eigenvalue weighted by molar-refractivity contribution is 0.401. The molecule has 1 aromatic carbocycles. The molecule has 0 atom stereocenters. The molecule has 0 radical (unpaired) electrons. The number of aromatic nitrogens is 4. The Morgan fingerprint density at radius 1 is 1.33 bits per heavy atom. The number of nitrogens with zero attached hydrogens (tertiary/aromatic N) is 4. The molecular formula is C14H14BrN5O. The van der Waals surface area contributed by atoms with Crippen molar-refractivity contribution in [3.05, 3.63) is 34.6 Å². The Balaban J connectivity index is 2.33. The fraction of sp³-hybridized carbons (Fsp3) is 0.214. The lowest BCUT2D eigenvalue weighted by atomic mass is 10.1. The van der Waals surface area contributed by atoms with E-state index >= 15 is 0 Å². The average molecular weight is 348 g/mol. The van der Waals surface area contributed by atoms with Gasteiger partial charge in [-0.25, -0.2) is 9.97 Å². The second-order valence-corrected chi connectivity index (χ2v) is 5.40. The SMILES string of the molecule is CCc1cc(Br)ccc1-n1c(N)nc2c(OC)ncnc21. The van der Waals surface area contributed by atoms with E-state index in [1.165, 1.54) is 6.33 Å². The van der Waals surface area contributed by atoms with E-state index in [-0.39, 0.29) is 0 Å². The van der Waals surface area contributed by atoms with Crippen molar-refractivity contribution in [3.63, 3.8) is 0 Å². The first-order valence-electron chi connectivity index (χ1n) is 6.47. The third-order valence-corrected chi connectivity index (χ3v) is 3.79. The van der Waals surface area contributed by atoms with Gasteiger partial charge in [-0.15, -0.1) is 0 Å². The third kappa shape index (κ3) is 2.23. The third-order valence-electron chi connectivity index (χ3n) is 3.29. The van der Waals surface area contributed by atoms with Gasteiger partial charge in [0, 0.05) is 4.47 Å². The Hall–Kier alpha value is -2.15. The molecular weight excluding hydrogens is 334 g/mol. The summed E-state index contributed by atoms with van der Waals surface area (Å²) >= 11 is 3.49. The van der Waals surface area contributed by atoms with Gasteiger partial charge < -0.3 is 10.5 Å². The topological polar surface area (TPSA) is 78.9 Å². The highest BCUT2D eigenvalue weighted by Crippen LogP contribution is 2.29. The normalized spacial score (nSPS) is 11.0. The van der Waals surface area contributed by atoms with Gasteiger partial charge in [0.25, 0.3) is 0 Å². The van der Waals surface area contributed by atoms with Gasteiger partial charge in [0.15, 0.2) is 11.2 Å². The van der Waals surface area contributed by atoms with E-state index in [1.54, 1.807) is 7.11 Å². The van der Waals surface area contributed by atoms with Crippen LogP contribution in [0.25, 0.3) is 16.9 Å². The number of fused-ring (bicyclic) bond motifs is 1. The van der Waals surface area contributed by atoms with Crippen LogP contribution in [0.5, 0.6) is 5.88 Å². The highest BCUT2D eigenvalue weighted by atomic mass is 79.9. The van der Waals surface area contributed by atoms with Crippen LogP contribution in [0.4, 0.5) is 5.95 Å². The molecule has 0 spiro atoms. The molecule has 7 heteroatoms. The van der Waals surface area contributed by atoms with Crippen LogP contribution >= 0.6 is 15.9 Å². The largest absolute Gasteiger partial charge is 0.479 e. The Kier molecular flexibility index (Phi) is 3.50. The Morgan fingerprint density at radius 3 is 2.86 bits per heavy atom. The van der Waals surface area contributed by atoms with Crippen molar-refractivity contribution in [3.8, 4) is 11.6 Å². The Morgan fingerprint density at radius 2 is 2.14 bits per heavy atom. The van der Waals surface area contributed by atoms with Crippen LogP contribution < -0.4 is 10.5 Å². The van der Waals surface area contributed by atoms with Crippen molar-refractivity contribution in [1.29, 1.82) is 0 Å². The zero-order chi connectivity index (χ0) is 15.0. The fourth-order valence-corrected chi connectivity index (χ4v) is 2.74. The van der Waals surface area contributed by atoms with Crippen LogP contribution in [-0.2, 0) is 6.42 Å². The standard InChI is InChI=1S/C14H14BrN5O/c1-3-8-6-9(15)4-5-10(8)20-12-11(19-14(20)16)13(21-2)18-7-17-12/h4-7H,3H2,1-2H3,(H2,16,19). The van der Waals surface area contributed by atoms with Gasteiger partial charge in [0.1, 0.15) is 6.33 Å². The van der Waals surface area contributed by atoms with Crippen molar-refractivity contribution in [2.24, 2.45) is 0 Å². The van der Waals surface area contributed by atoms with Crippen molar-refractivity contribution in [2.45, 2.75) is 13.3 Å². The molecule has 0 unspecified atom stereocenters. The van der Waals surface area contributed by atoms with Gasteiger partial charge in [-0.1, -0.05) is 22.9 Å². The molecule has 108 valence electrons. The number of imidazole rings is 1. The minimum absolute atomic E-state index is 0.362. The van der Waals surface area contributed by atoms with E-state index in [1.807, 2.05) is 16.7 Å². The van der Waals surface area contributed by atoms with Crippen molar-refractivity contribution in [2.75, 3.05) is 12.8 Å². The summed E-state index contributed by atoms with van der Waals surface area (Å²) in [6.45, 7) is 2.09. The molecule has 0 saturated heterocycles. The molecule has 0 saturated carbocycles. The molecule has 21 heavy (non-hydrogen) atoms. The molecule has 0 aliphatic carbocycles. The molecule has 0 aliphatic heterocycles. The summed E-state index contributed by atoms with van der Waals surface area (Å²) in [6.07, 6.45) is 2.32. The van der Waals surface area contributed by atoms with Crippen LogP contribution in [0.1, 0.15) is 12.5 Å². The molecule has 0 bridgehead atoms. The van der Waals surface area contributed by atoms with Crippen LogP contribution in [0.3, 0.4) is 0 Å². The van der Waals surface area contributed by atoms with E-state index in [0.717, 1.165) is 22.1 Å². The van der Waals surface area contributed by atoms with Crippen LogP contribution in [0.15, 0.2) is 29.0 Å². The van der Waals surface area contributed by atoms with Gasteiger partial charge >= 0.3 is 0 Å². The first-order chi connectivity index (χ1) is 10.2. The average Bonchev–Trinajstić information content (AvgIpc) is 2.83. The van der Waals surface area contributed by atoms with Crippen LogP contribution in [0.2, 0.25) is 0 Å². The van der Waals surface area contributed by atoms with Gasteiger partial charge in [-0.05, 0) is 30.2 Å². The summed E-state index contributed by atoms with van der Waals surface area (Å²) in [4.78, 5) is 12.7. The summed E-state index contributed by atoms with van der Waals surface area (Å²) in [5.74, 6) is 0.779. The second kappa shape index (κ2) is 5.33. The van der Waals surface area contributed by atoms with Gasteiger partial charge in [0.05, 0.1) is 12.8 Å². The maximum Gasteiger partial charge on any atom is 0.245 e. The number of methoxy groups -OCH3 is 1. The maximum absolute atomic E-state index is 6.09. The second-order valence-electron chi connectivity index (χ2n) is 4.49. The summed E-state index contributed by atoms with van der Waals surface area (Å²) in [7, 11) is 1.55. The summed E-state index contributed by atoms with van der Waals surface area (Å²) in [5.41, 5.74) is 9.39. The quantitative estimate of drug-likeness (QED) is 0.787. The molecule has 0 aliphatic rings. The maximum atomic E-state index is 6.09. The summed E-state index contributed by atoms with van der Waals surface area (Å²) in [5, 5.41) is 0. The Labute approximate surface area is 130 Å². The number of nitrogen functional groups attached to an aromatic ring is 1. The minimum atomic E-state index is 0.362. The minimum Gasteiger partial charge on any atom is -0.479 e. The number of benzene rings is 1. The van der Waals surface area contributed by atoms with E-state index < -0.39 is 0 Å². The molecule has 3 aromatic rings. The molecule has 2 aromatic heterocycles. The number of rotatable bonds is 3. The van der Waals surface area contributed by atoms with Crippen LogP contribution in [0, 0.1) is 0 Å². The zero-order valence-corrected chi connectivity index (χ0v) is 13.3. The molecule has 2 N–H and O–H groups in total. The van der Waals surface area contributed by atoms with Crippen molar-refractivity contribution >= 4 is 33.0 Å². The number of aryl methyl sites for hydroxylation is 1. The highest BCUT2D eigenvalue weighted by molar-refractivity contribution is 9.10. The zero-order valence-electron chi connectivity index (χ0n) is 11.7. The van der Waals surface area contributed by atoms with E-state index in [4.69, 9.17) is 10.5 Å². The first-order valence-corrected chi connectivity index (χ1v) is 7.26.